The standard InChI is InChI=1S/C22H46O4S.K/c1-3-5-6-7-8-9-10-11-12-13-14-15-16-17-18-19-22(27(24,25)26)20-21(23)4-2;/h21-23H,3-20H2,1-2H3,(H,24,25,26);/q;+1/p-1. The summed E-state index contributed by atoms with van der Waals surface area (Å²) in [7, 11) is -4.30. The monoisotopic (exact) mass is 444 g/mol. The van der Waals surface area contributed by atoms with Gasteiger partial charge in [-0.15, -0.1) is 0 Å². The summed E-state index contributed by atoms with van der Waals surface area (Å²) >= 11 is 0. The van der Waals surface area contributed by atoms with E-state index in [0.717, 1.165) is 19.3 Å². The second-order valence-electron chi connectivity index (χ2n) is 8.15. The second-order valence-corrected chi connectivity index (χ2v) is 9.80. The molecule has 4 nitrogen and oxygen atoms in total. The summed E-state index contributed by atoms with van der Waals surface area (Å²) in [5.41, 5.74) is 0. The van der Waals surface area contributed by atoms with E-state index in [-0.39, 0.29) is 57.8 Å². The van der Waals surface area contributed by atoms with Gasteiger partial charge in [-0.1, -0.05) is 110 Å². The molecule has 2 atom stereocenters. The van der Waals surface area contributed by atoms with Crippen LogP contribution in [0, 0.1) is 0 Å². The van der Waals surface area contributed by atoms with Crippen molar-refractivity contribution >= 4 is 10.1 Å². The zero-order chi connectivity index (χ0) is 20.4. The van der Waals surface area contributed by atoms with E-state index in [1.807, 2.05) is 0 Å². The molecule has 0 aromatic carbocycles. The molecule has 0 heterocycles. The minimum Gasteiger partial charge on any atom is -0.748 e. The Morgan fingerprint density at radius 2 is 1.07 bits per heavy atom. The molecule has 0 rings (SSSR count). The van der Waals surface area contributed by atoms with Crippen LogP contribution in [0.1, 0.15) is 129 Å². The van der Waals surface area contributed by atoms with Crippen molar-refractivity contribution in [3.05, 3.63) is 0 Å². The van der Waals surface area contributed by atoms with Gasteiger partial charge in [0.05, 0.1) is 21.5 Å². The summed E-state index contributed by atoms with van der Waals surface area (Å²) in [6.45, 7) is 4.05. The number of rotatable bonds is 20. The van der Waals surface area contributed by atoms with Crippen molar-refractivity contribution in [3.8, 4) is 0 Å². The van der Waals surface area contributed by atoms with Crippen LogP contribution in [0.3, 0.4) is 0 Å². The number of aliphatic hydroxyl groups excluding tert-OH is 1. The Kier molecular flexibility index (Phi) is 24.6. The van der Waals surface area contributed by atoms with E-state index in [1.54, 1.807) is 6.92 Å². The van der Waals surface area contributed by atoms with Gasteiger partial charge in [0.15, 0.2) is 0 Å². The minimum absolute atomic E-state index is 0. The van der Waals surface area contributed by atoms with Crippen LogP contribution in [0.5, 0.6) is 0 Å². The van der Waals surface area contributed by atoms with Crippen molar-refractivity contribution < 1.29 is 69.5 Å². The first-order chi connectivity index (χ1) is 12.9. The van der Waals surface area contributed by atoms with Gasteiger partial charge in [0.2, 0.25) is 0 Å². The predicted octanol–water partition coefficient (Wildman–Crippen LogP) is 3.33. The van der Waals surface area contributed by atoms with Crippen LogP contribution >= 0.6 is 0 Å². The van der Waals surface area contributed by atoms with Gasteiger partial charge in [-0.3, -0.25) is 0 Å². The normalized spacial score (nSPS) is 13.9. The zero-order valence-electron chi connectivity index (χ0n) is 19.0. The third-order valence-corrected chi connectivity index (χ3v) is 6.79. The molecule has 0 radical (unpaired) electrons. The fourth-order valence-corrected chi connectivity index (χ4v) is 4.51. The first-order valence-corrected chi connectivity index (χ1v) is 13.0. The summed E-state index contributed by atoms with van der Waals surface area (Å²) < 4.78 is 33.9. The first-order valence-electron chi connectivity index (χ1n) is 11.5. The van der Waals surface area contributed by atoms with E-state index < -0.39 is 21.5 Å². The third kappa shape index (κ3) is 20.8. The molecule has 0 amide bonds. The summed E-state index contributed by atoms with van der Waals surface area (Å²) in [6.07, 6.45) is 19.3. The van der Waals surface area contributed by atoms with Crippen LogP contribution in [0.2, 0.25) is 0 Å². The van der Waals surface area contributed by atoms with Crippen molar-refractivity contribution in [1.29, 1.82) is 0 Å². The maximum absolute atomic E-state index is 11.3. The van der Waals surface area contributed by atoms with E-state index in [1.165, 1.54) is 77.0 Å². The van der Waals surface area contributed by atoms with Gasteiger partial charge >= 0.3 is 51.4 Å². The summed E-state index contributed by atoms with van der Waals surface area (Å²) in [5, 5.41) is 8.69. The molecule has 6 heteroatoms. The Hall–Kier alpha value is 1.51. The summed E-state index contributed by atoms with van der Waals surface area (Å²) in [5.74, 6) is 0. The number of hydrogen-bond donors (Lipinski definition) is 1. The van der Waals surface area contributed by atoms with Gasteiger partial charge in [-0.2, -0.15) is 0 Å². The average Bonchev–Trinajstić information content (AvgIpc) is 2.62. The Balaban J connectivity index is 0. The van der Waals surface area contributed by atoms with E-state index in [0.29, 0.717) is 12.8 Å². The Bertz CT molecular complexity index is 415. The van der Waals surface area contributed by atoms with Crippen molar-refractivity contribution in [3.63, 3.8) is 0 Å². The van der Waals surface area contributed by atoms with E-state index in [2.05, 4.69) is 6.92 Å². The maximum atomic E-state index is 11.3. The fraction of sp³-hybridized carbons (Fsp3) is 1.00. The van der Waals surface area contributed by atoms with E-state index >= 15 is 0 Å². The first kappa shape index (κ1) is 31.7. The number of hydrogen-bond acceptors (Lipinski definition) is 4. The van der Waals surface area contributed by atoms with Crippen LogP contribution in [0.4, 0.5) is 0 Å². The molecular weight excluding hydrogens is 399 g/mol. The summed E-state index contributed by atoms with van der Waals surface area (Å²) in [6, 6.07) is 0. The third-order valence-electron chi connectivity index (χ3n) is 5.54. The minimum atomic E-state index is -4.30. The van der Waals surface area contributed by atoms with Crippen molar-refractivity contribution in [1.82, 2.24) is 0 Å². The number of aliphatic hydroxyl groups is 1. The van der Waals surface area contributed by atoms with Crippen LogP contribution in [-0.4, -0.2) is 29.4 Å². The molecule has 28 heavy (non-hydrogen) atoms. The van der Waals surface area contributed by atoms with Gasteiger partial charge in [0, 0.05) is 0 Å². The SMILES string of the molecule is CCCCCCCCCCCCCCCCCC(CC(O)CC)S(=O)(=O)[O-].[K+]. The Morgan fingerprint density at radius 3 is 1.39 bits per heavy atom. The molecule has 0 aliphatic carbocycles. The smallest absolute Gasteiger partial charge is 0.748 e. The molecule has 0 aromatic rings. The molecule has 0 aliphatic heterocycles. The molecule has 0 aromatic heterocycles. The topological polar surface area (TPSA) is 77.4 Å². The van der Waals surface area contributed by atoms with Gasteiger partial charge in [-0.25, -0.2) is 8.42 Å². The zero-order valence-corrected chi connectivity index (χ0v) is 22.9. The molecule has 0 bridgehead atoms. The molecule has 0 spiro atoms. The second kappa shape index (κ2) is 21.7. The van der Waals surface area contributed by atoms with Crippen molar-refractivity contribution in [2.75, 3.05) is 0 Å². The molecule has 1 N–H and O–H groups in total. The van der Waals surface area contributed by atoms with Crippen LogP contribution in [0.25, 0.3) is 0 Å². The quantitative estimate of drug-likeness (QED) is 0.177. The van der Waals surface area contributed by atoms with Crippen LogP contribution < -0.4 is 51.4 Å². The fourth-order valence-electron chi connectivity index (χ4n) is 3.59. The molecular formula is C22H45KO4S. The average molecular weight is 445 g/mol. The van der Waals surface area contributed by atoms with Crippen LogP contribution in [-0.2, 0) is 10.1 Å². The molecule has 164 valence electrons. The molecule has 0 fully saturated rings. The predicted molar refractivity (Wildman–Crippen MR) is 114 cm³/mol. The van der Waals surface area contributed by atoms with Gasteiger partial charge < -0.3 is 9.66 Å². The van der Waals surface area contributed by atoms with Gasteiger partial charge in [0.1, 0.15) is 0 Å². The van der Waals surface area contributed by atoms with Crippen molar-refractivity contribution in [2.45, 2.75) is 141 Å². The van der Waals surface area contributed by atoms with Gasteiger partial charge in [-0.05, 0) is 19.3 Å². The molecule has 2 unspecified atom stereocenters. The van der Waals surface area contributed by atoms with E-state index in [4.69, 9.17) is 0 Å². The Labute approximate surface area is 218 Å². The van der Waals surface area contributed by atoms with Gasteiger partial charge in [0.25, 0.3) is 0 Å². The molecule has 0 saturated carbocycles. The molecule has 0 aliphatic rings. The van der Waals surface area contributed by atoms with E-state index in [9.17, 15) is 18.1 Å². The van der Waals surface area contributed by atoms with Crippen molar-refractivity contribution in [2.24, 2.45) is 0 Å². The molecule has 0 saturated heterocycles. The maximum Gasteiger partial charge on any atom is 1.00 e. The van der Waals surface area contributed by atoms with Crippen LogP contribution in [0.15, 0.2) is 0 Å². The largest absolute Gasteiger partial charge is 1.00 e. The summed E-state index contributed by atoms with van der Waals surface area (Å²) in [4.78, 5) is 0. The Morgan fingerprint density at radius 1 is 0.714 bits per heavy atom. The number of unbranched alkanes of at least 4 members (excludes halogenated alkanes) is 14.